The molecular formula is C23H13Cl2I2N3OS. The van der Waals surface area contributed by atoms with Gasteiger partial charge in [0.2, 0.25) is 0 Å². The van der Waals surface area contributed by atoms with Crippen LogP contribution in [0.3, 0.4) is 0 Å². The van der Waals surface area contributed by atoms with Gasteiger partial charge in [0.1, 0.15) is 18.4 Å². The third-order valence-corrected chi connectivity index (χ3v) is 7.40. The number of hydrogen-bond donors (Lipinski definition) is 1. The molecule has 0 saturated heterocycles. The number of allylic oxidation sites excluding steroid dienone is 1. The molecule has 0 bridgehead atoms. The second-order valence-corrected chi connectivity index (χ2v) is 10.8. The highest BCUT2D eigenvalue weighted by Gasteiger charge is 2.12. The highest BCUT2D eigenvalue weighted by atomic mass is 127. The SMILES string of the molecule is N#C/C(=C\c1cc(I)c(OCc2ccc(Cl)cc2Cl)c(I)c1)Sc1nc2ccccc2[nH]1. The summed E-state index contributed by atoms with van der Waals surface area (Å²) in [5.41, 5.74) is 3.59. The van der Waals surface area contributed by atoms with E-state index >= 15 is 0 Å². The number of thioether (sulfide) groups is 1. The number of fused-ring (bicyclic) bond motifs is 1. The lowest BCUT2D eigenvalue weighted by molar-refractivity contribution is 0.302. The number of nitrogens with zero attached hydrogens (tertiary/aromatic N) is 2. The van der Waals surface area contributed by atoms with Gasteiger partial charge in [-0.1, -0.05) is 41.4 Å². The first-order valence-corrected chi connectivity index (χ1v) is 13.0. The molecule has 3 aromatic carbocycles. The minimum atomic E-state index is 0.336. The van der Waals surface area contributed by atoms with Crippen molar-refractivity contribution < 1.29 is 4.74 Å². The van der Waals surface area contributed by atoms with Crippen LogP contribution < -0.4 is 4.74 Å². The van der Waals surface area contributed by atoms with Gasteiger partial charge >= 0.3 is 0 Å². The van der Waals surface area contributed by atoms with Crippen molar-refractivity contribution in [2.45, 2.75) is 11.8 Å². The molecule has 1 aromatic heterocycles. The second-order valence-electron chi connectivity index (χ2n) is 6.62. The molecule has 4 aromatic rings. The smallest absolute Gasteiger partial charge is 0.171 e. The number of nitriles is 1. The lowest BCUT2D eigenvalue weighted by Crippen LogP contribution is -2.00. The van der Waals surface area contributed by atoms with Crippen LogP contribution in [0.4, 0.5) is 0 Å². The average Bonchev–Trinajstić information content (AvgIpc) is 3.16. The third-order valence-electron chi connectivity index (χ3n) is 4.39. The Balaban J connectivity index is 1.53. The molecule has 0 amide bonds. The number of para-hydroxylation sites is 2. The van der Waals surface area contributed by atoms with Gasteiger partial charge < -0.3 is 9.72 Å². The van der Waals surface area contributed by atoms with E-state index in [0.29, 0.717) is 26.7 Å². The topological polar surface area (TPSA) is 61.7 Å². The summed E-state index contributed by atoms with van der Waals surface area (Å²) in [5.74, 6) is 0.776. The second kappa shape index (κ2) is 10.7. The van der Waals surface area contributed by atoms with Gasteiger partial charge in [-0.25, -0.2) is 4.98 Å². The maximum absolute atomic E-state index is 9.64. The quantitative estimate of drug-likeness (QED) is 0.125. The number of hydrogen-bond acceptors (Lipinski definition) is 4. The van der Waals surface area contributed by atoms with Gasteiger partial charge in [0.05, 0.1) is 23.1 Å². The number of imidazole rings is 1. The molecule has 4 nitrogen and oxygen atoms in total. The summed E-state index contributed by atoms with van der Waals surface area (Å²) in [6, 6.07) is 19.4. The summed E-state index contributed by atoms with van der Waals surface area (Å²) in [4.78, 5) is 8.31. The van der Waals surface area contributed by atoms with E-state index in [0.717, 1.165) is 35.1 Å². The number of ether oxygens (including phenoxy) is 1. The first-order valence-electron chi connectivity index (χ1n) is 9.23. The van der Waals surface area contributed by atoms with Crippen LogP contribution in [0, 0.1) is 18.5 Å². The van der Waals surface area contributed by atoms with Crippen molar-refractivity contribution in [3.63, 3.8) is 0 Å². The number of aromatic amines is 1. The Bertz CT molecular complexity index is 1330. The molecule has 1 heterocycles. The van der Waals surface area contributed by atoms with E-state index in [1.54, 1.807) is 12.1 Å². The molecule has 1 N–H and O–H groups in total. The first-order chi connectivity index (χ1) is 15.4. The lowest BCUT2D eigenvalue weighted by atomic mass is 10.2. The Kier molecular flexibility index (Phi) is 7.89. The number of rotatable bonds is 6. The van der Waals surface area contributed by atoms with E-state index in [1.807, 2.05) is 48.5 Å². The molecule has 0 spiro atoms. The van der Waals surface area contributed by atoms with Crippen LogP contribution >= 0.6 is 80.1 Å². The monoisotopic (exact) mass is 703 g/mol. The zero-order chi connectivity index (χ0) is 22.7. The normalized spacial score (nSPS) is 11.5. The highest BCUT2D eigenvalue weighted by molar-refractivity contribution is 14.1. The third kappa shape index (κ3) is 5.72. The van der Waals surface area contributed by atoms with Crippen molar-refractivity contribution >= 4 is 97.3 Å². The van der Waals surface area contributed by atoms with Gasteiger partial charge in [-0.2, -0.15) is 5.26 Å². The first kappa shape index (κ1) is 23.7. The molecule has 32 heavy (non-hydrogen) atoms. The van der Waals surface area contributed by atoms with Crippen LogP contribution in [-0.4, -0.2) is 9.97 Å². The molecule has 0 unspecified atom stereocenters. The molecule has 0 aliphatic rings. The van der Waals surface area contributed by atoms with Gasteiger partial charge in [0.25, 0.3) is 0 Å². The van der Waals surface area contributed by atoms with Crippen LogP contribution in [0.15, 0.2) is 64.7 Å². The summed E-state index contributed by atoms with van der Waals surface area (Å²) in [5, 5.41) is 11.5. The van der Waals surface area contributed by atoms with Gasteiger partial charge in [0.15, 0.2) is 5.16 Å². The molecule has 160 valence electrons. The maximum atomic E-state index is 9.64. The zero-order valence-electron chi connectivity index (χ0n) is 16.2. The number of H-pyrrole nitrogens is 1. The number of benzene rings is 3. The molecular weight excluding hydrogens is 691 g/mol. The van der Waals surface area contributed by atoms with Crippen LogP contribution in [-0.2, 0) is 6.61 Å². The molecule has 0 aliphatic heterocycles. The van der Waals surface area contributed by atoms with Crippen LogP contribution in [0.25, 0.3) is 17.1 Å². The molecule has 0 saturated carbocycles. The van der Waals surface area contributed by atoms with E-state index in [-0.39, 0.29) is 0 Å². The maximum Gasteiger partial charge on any atom is 0.171 e. The van der Waals surface area contributed by atoms with Gasteiger partial charge in [0, 0.05) is 15.6 Å². The van der Waals surface area contributed by atoms with Gasteiger partial charge in [-0.05, 0) is 105 Å². The zero-order valence-corrected chi connectivity index (χ0v) is 22.8. The van der Waals surface area contributed by atoms with Crippen LogP contribution in [0.2, 0.25) is 10.0 Å². The van der Waals surface area contributed by atoms with Crippen molar-refractivity contribution in [3.05, 3.63) is 87.8 Å². The summed E-state index contributed by atoms with van der Waals surface area (Å²) >= 11 is 18.0. The summed E-state index contributed by atoms with van der Waals surface area (Å²) in [6.45, 7) is 0.336. The number of nitrogens with one attached hydrogen (secondary N) is 1. The Morgan fingerprint density at radius 3 is 2.56 bits per heavy atom. The van der Waals surface area contributed by atoms with Crippen molar-refractivity contribution in [3.8, 4) is 11.8 Å². The fourth-order valence-electron chi connectivity index (χ4n) is 2.91. The fraction of sp³-hybridized carbons (Fsp3) is 0.0435. The van der Waals surface area contributed by atoms with E-state index in [1.165, 1.54) is 11.8 Å². The van der Waals surface area contributed by atoms with E-state index in [9.17, 15) is 5.26 Å². The van der Waals surface area contributed by atoms with Gasteiger partial charge in [-0.3, -0.25) is 0 Å². The molecule has 0 fully saturated rings. The Morgan fingerprint density at radius 1 is 1.12 bits per heavy atom. The number of halogens is 4. The molecule has 0 atom stereocenters. The van der Waals surface area contributed by atoms with Crippen molar-refractivity contribution in [1.29, 1.82) is 5.26 Å². The predicted molar refractivity (Wildman–Crippen MR) is 148 cm³/mol. The highest BCUT2D eigenvalue weighted by Crippen LogP contribution is 2.33. The molecule has 4 rings (SSSR count). The minimum absolute atomic E-state index is 0.336. The summed E-state index contributed by atoms with van der Waals surface area (Å²) in [7, 11) is 0. The molecule has 0 radical (unpaired) electrons. The Morgan fingerprint density at radius 2 is 1.88 bits per heavy atom. The Labute approximate surface area is 226 Å². The fourth-order valence-corrected chi connectivity index (χ4v) is 6.25. The minimum Gasteiger partial charge on any atom is -0.487 e. The summed E-state index contributed by atoms with van der Waals surface area (Å²) in [6.07, 6.45) is 1.85. The molecule has 9 heteroatoms. The largest absolute Gasteiger partial charge is 0.487 e. The van der Waals surface area contributed by atoms with E-state index in [2.05, 4.69) is 61.2 Å². The van der Waals surface area contributed by atoms with Gasteiger partial charge in [-0.15, -0.1) is 0 Å². The summed E-state index contributed by atoms with van der Waals surface area (Å²) < 4.78 is 7.92. The van der Waals surface area contributed by atoms with Crippen LogP contribution in [0.5, 0.6) is 5.75 Å². The average molecular weight is 704 g/mol. The Hall–Kier alpha value is -1.45. The van der Waals surface area contributed by atoms with E-state index < -0.39 is 0 Å². The van der Waals surface area contributed by atoms with Crippen molar-refractivity contribution in [2.24, 2.45) is 0 Å². The van der Waals surface area contributed by atoms with Crippen molar-refractivity contribution in [2.75, 3.05) is 0 Å². The van der Waals surface area contributed by atoms with Crippen molar-refractivity contribution in [1.82, 2.24) is 9.97 Å². The predicted octanol–water partition coefficient (Wildman–Crippen LogP) is 8.31. The van der Waals surface area contributed by atoms with E-state index in [4.69, 9.17) is 27.9 Å². The number of aromatic nitrogens is 2. The lowest BCUT2D eigenvalue weighted by Gasteiger charge is -2.12. The standard InChI is InChI=1S/C23H13Cl2I2N3OS/c24-15-6-5-14(17(25)10-15)12-31-22-18(26)8-13(9-19(22)27)7-16(11-28)32-23-29-20-3-1-2-4-21(20)30-23/h1-10H,12H2,(H,29,30)/b16-7+. The molecule has 0 aliphatic carbocycles. The van der Waals surface area contributed by atoms with Crippen LogP contribution in [0.1, 0.15) is 11.1 Å².